The molecule has 4 rings (SSSR count). The predicted molar refractivity (Wildman–Crippen MR) is 138 cm³/mol. The highest BCUT2D eigenvalue weighted by Gasteiger charge is 2.30. The molecular weight excluding hydrogens is 497 g/mol. The van der Waals surface area contributed by atoms with Gasteiger partial charge in [-0.05, 0) is 89.3 Å². The number of methoxy groups -OCH3 is 1. The number of alkyl halides is 3. The number of aliphatic carboxylic acids is 1. The minimum atomic E-state index is -4.41. The molecule has 5 nitrogen and oxygen atoms in total. The quantitative estimate of drug-likeness (QED) is 0.248. The maximum absolute atomic E-state index is 13.1. The molecule has 0 aromatic heterocycles. The van der Waals surface area contributed by atoms with E-state index in [1.54, 1.807) is 32.2 Å². The summed E-state index contributed by atoms with van der Waals surface area (Å²) in [6.07, 6.45) is -4.41. The molecule has 0 radical (unpaired) electrons. The molecule has 0 bridgehead atoms. The molecule has 0 aliphatic heterocycles. The first-order valence-electron chi connectivity index (χ1n) is 11.7. The van der Waals surface area contributed by atoms with E-state index in [1.807, 2.05) is 42.5 Å². The number of ether oxygens (including phenoxy) is 3. The third-order valence-corrected chi connectivity index (χ3v) is 5.86. The number of carboxylic acids is 1. The van der Waals surface area contributed by atoms with Crippen LogP contribution in [0.2, 0.25) is 0 Å². The normalized spacial score (nSPS) is 11.2. The molecular formula is C30H25F3O5. The Morgan fingerprint density at radius 3 is 2.18 bits per heavy atom. The minimum absolute atomic E-state index is 0.186. The molecule has 0 saturated heterocycles. The molecule has 0 aliphatic rings. The van der Waals surface area contributed by atoms with Gasteiger partial charge < -0.3 is 19.3 Å². The van der Waals surface area contributed by atoms with Crippen LogP contribution < -0.4 is 14.2 Å². The summed E-state index contributed by atoms with van der Waals surface area (Å²) in [5, 5.41) is 8.81. The maximum Gasteiger partial charge on any atom is 0.416 e. The first kappa shape index (κ1) is 26.6. The Kier molecular flexibility index (Phi) is 7.90. The molecule has 1 N–H and O–H groups in total. The number of hydrogen-bond donors (Lipinski definition) is 1. The molecule has 0 atom stereocenters. The highest BCUT2D eigenvalue weighted by molar-refractivity contribution is 5.77. The summed E-state index contributed by atoms with van der Waals surface area (Å²) in [7, 11) is 1.58. The van der Waals surface area contributed by atoms with E-state index in [9.17, 15) is 18.0 Å². The number of carboxylic acid groups (broad SMARTS) is 1. The number of halogens is 3. The Balaban J connectivity index is 1.66. The molecule has 0 aliphatic carbocycles. The van der Waals surface area contributed by atoms with Crippen LogP contribution in [-0.2, 0) is 17.6 Å². The number of para-hydroxylation sites is 1. The van der Waals surface area contributed by atoms with E-state index in [-0.39, 0.29) is 6.61 Å². The van der Waals surface area contributed by atoms with Gasteiger partial charge in [0.15, 0.2) is 6.61 Å². The van der Waals surface area contributed by atoms with Gasteiger partial charge in [0, 0.05) is 5.56 Å². The van der Waals surface area contributed by atoms with E-state index < -0.39 is 24.3 Å². The lowest BCUT2D eigenvalue weighted by atomic mass is 9.95. The number of benzene rings is 4. The van der Waals surface area contributed by atoms with Crippen LogP contribution in [0.5, 0.6) is 17.2 Å². The molecule has 0 fully saturated rings. The number of hydrogen-bond acceptors (Lipinski definition) is 4. The van der Waals surface area contributed by atoms with Crippen molar-refractivity contribution in [2.45, 2.75) is 19.7 Å². The van der Waals surface area contributed by atoms with Crippen molar-refractivity contribution < 1.29 is 37.3 Å². The average molecular weight is 523 g/mol. The van der Waals surface area contributed by atoms with Gasteiger partial charge in [0.25, 0.3) is 0 Å². The van der Waals surface area contributed by atoms with Crippen molar-refractivity contribution in [1.82, 2.24) is 0 Å². The Labute approximate surface area is 218 Å². The molecule has 0 amide bonds. The zero-order chi connectivity index (χ0) is 27.3. The van der Waals surface area contributed by atoms with Gasteiger partial charge in [-0.2, -0.15) is 13.2 Å². The van der Waals surface area contributed by atoms with Crippen LogP contribution in [0.15, 0.2) is 84.9 Å². The fraction of sp³-hybridized carbons (Fsp3) is 0.167. The second kappa shape index (κ2) is 11.3. The summed E-state index contributed by atoms with van der Waals surface area (Å²) < 4.78 is 56.0. The van der Waals surface area contributed by atoms with E-state index in [2.05, 4.69) is 0 Å². The monoisotopic (exact) mass is 522 g/mol. The van der Waals surface area contributed by atoms with Crippen LogP contribution in [-0.4, -0.2) is 24.8 Å². The summed E-state index contributed by atoms with van der Waals surface area (Å²) in [5.41, 5.74) is 3.83. The van der Waals surface area contributed by atoms with Crippen LogP contribution in [0.25, 0.3) is 22.3 Å². The SMILES string of the molecule is COc1ccccc1-c1cc(COc2ccc(OCC(=O)O)c(C)c2)cc(-c2ccc(C(F)(F)F)cc2)c1. The van der Waals surface area contributed by atoms with Gasteiger partial charge in [-0.1, -0.05) is 30.3 Å². The zero-order valence-electron chi connectivity index (χ0n) is 20.7. The van der Waals surface area contributed by atoms with E-state index in [0.29, 0.717) is 22.8 Å². The first-order chi connectivity index (χ1) is 18.1. The van der Waals surface area contributed by atoms with Crippen molar-refractivity contribution in [1.29, 1.82) is 0 Å². The number of carbonyl (C=O) groups is 1. The van der Waals surface area contributed by atoms with Crippen LogP contribution in [0, 0.1) is 6.92 Å². The Hall–Kier alpha value is -4.46. The van der Waals surface area contributed by atoms with Gasteiger partial charge in [0.1, 0.15) is 23.9 Å². The van der Waals surface area contributed by atoms with Crippen LogP contribution in [0.4, 0.5) is 13.2 Å². The van der Waals surface area contributed by atoms with Crippen LogP contribution in [0.3, 0.4) is 0 Å². The number of rotatable bonds is 9. The molecule has 0 spiro atoms. The lowest BCUT2D eigenvalue weighted by Crippen LogP contribution is -2.10. The van der Waals surface area contributed by atoms with Crippen molar-refractivity contribution in [2.24, 2.45) is 0 Å². The lowest BCUT2D eigenvalue weighted by Gasteiger charge is -2.15. The van der Waals surface area contributed by atoms with Gasteiger partial charge in [-0.25, -0.2) is 4.79 Å². The summed E-state index contributed by atoms with van der Waals surface area (Å²) in [5.74, 6) is 0.603. The maximum atomic E-state index is 13.1. The summed E-state index contributed by atoms with van der Waals surface area (Å²) in [6, 6.07) is 23.3. The van der Waals surface area contributed by atoms with Crippen LogP contribution >= 0.6 is 0 Å². The van der Waals surface area contributed by atoms with Crippen molar-refractivity contribution in [2.75, 3.05) is 13.7 Å². The largest absolute Gasteiger partial charge is 0.496 e. The summed E-state index contributed by atoms with van der Waals surface area (Å²) >= 11 is 0. The Bertz CT molecular complexity index is 1430. The zero-order valence-corrected chi connectivity index (χ0v) is 20.7. The van der Waals surface area contributed by atoms with Crippen molar-refractivity contribution in [3.05, 3.63) is 102 Å². The van der Waals surface area contributed by atoms with Crippen molar-refractivity contribution >= 4 is 5.97 Å². The van der Waals surface area contributed by atoms with E-state index in [1.165, 1.54) is 12.1 Å². The molecule has 4 aromatic rings. The van der Waals surface area contributed by atoms with Crippen LogP contribution in [0.1, 0.15) is 16.7 Å². The molecule has 38 heavy (non-hydrogen) atoms. The molecule has 0 unspecified atom stereocenters. The second-order valence-corrected chi connectivity index (χ2v) is 8.59. The van der Waals surface area contributed by atoms with Crippen molar-refractivity contribution in [3.8, 4) is 39.5 Å². The number of aryl methyl sites for hydroxylation is 1. The Morgan fingerprint density at radius 2 is 1.53 bits per heavy atom. The van der Waals surface area contributed by atoms with Gasteiger partial charge in [-0.3, -0.25) is 0 Å². The summed E-state index contributed by atoms with van der Waals surface area (Å²) in [6.45, 7) is 1.53. The van der Waals surface area contributed by atoms with E-state index in [0.717, 1.165) is 39.9 Å². The molecule has 8 heteroatoms. The fourth-order valence-corrected chi connectivity index (χ4v) is 4.01. The van der Waals surface area contributed by atoms with Gasteiger partial charge in [0.05, 0.1) is 12.7 Å². The van der Waals surface area contributed by atoms with E-state index >= 15 is 0 Å². The molecule has 196 valence electrons. The highest BCUT2D eigenvalue weighted by atomic mass is 19.4. The first-order valence-corrected chi connectivity index (χ1v) is 11.7. The lowest BCUT2D eigenvalue weighted by molar-refractivity contribution is -0.139. The molecule has 4 aromatic carbocycles. The minimum Gasteiger partial charge on any atom is -0.496 e. The van der Waals surface area contributed by atoms with Gasteiger partial charge in [-0.15, -0.1) is 0 Å². The van der Waals surface area contributed by atoms with Gasteiger partial charge >= 0.3 is 12.1 Å². The molecule has 0 heterocycles. The van der Waals surface area contributed by atoms with Gasteiger partial charge in [0.2, 0.25) is 0 Å². The third-order valence-electron chi connectivity index (χ3n) is 5.86. The van der Waals surface area contributed by atoms with E-state index in [4.69, 9.17) is 19.3 Å². The standard InChI is InChI=1S/C30H25F3O5/c1-19-13-25(11-12-27(19)38-18-29(34)35)37-17-20-14-22(21-7-9-24(10-8-21)30(31,32)33)16-23(15-20)26-5-3-4-6-28(26)36-2/h3-16H,17-18H2,1-2H3,(H,34,35). The van der Waals surface area contributed by atoms with Crippen molar-refractivity contribution in [3.63, 3.8) is 0 Å². The average Bonchev–Trinajstić information content (AvgIpc) is 2.90. The fourth-order valence-electron chi connectivity index (χ4n) is 4.01. The summed E-state index contributed by atoms with van der Waals surface area (Å²) in [4.78, 5) is 10.8. The highest BCUT2D eigenvalue weighted by Crippen LogP contribution is 2.36. The Morgan fingerprint density at radius 1 is 0.816 bits per heavy atom. The smallest absolute Gasteiger partial charge is 0.416 e. The molecule has 0 saturated carbocycles. The third kappa shape index (κ3) is 6.45. The predicted octanol–water partition coefficient (Wildman–Crippen LogP) is 7.40. The topological polar surface area (TPSA) is 65.0 Å². The second-order valence-electron chi connectivity index (χ2n) is 8.59.